The Labute approximate surface area is 184 Å². The van der Waals surface area contributed by atoms with Gasteiger partial charge in [-0.1, -0.05) is 68.4 Å². The zero-order valence-electron chi connectivity index (χ0n) is 17.9. The molecule has 0 aliphatic heterocycles. The Bertz CT molecular complexity index is 586. The number of carboxylic acid groups (broad SMARTS) is 2. The Morgan fingerprint density at radius 2 is 1.73 bits per heavy atom. The SMILES string of the molecule is CCCCC/C=C\C/C=C/C=C/C=C/[C@H](SC[C@H](N)C(=O)O)[C@@H](O)CCCC(=O)O. The van der Waals surface area contributed by atoms with Gasteiger partial charge in [-0.15, -0.1) is 11.8 Å². The van der Waals surface area contributed by atoms with E-state index in [1.54, 1.807) is 12.2 Å². The quantitative estimate of drug-likeness (QED) is 0.143. The minimum absolute atomic E-state index is 0.00938. The van der Waals surface area contributed by atoms with E-state index < -0.39 is 24.1 Å². The van der Waals surface area contributed by atoms with E-state index in [1.165, 1.54) is 31.0 Å². The van der Waals surface area contributed by atoms with Crippen molar-refractivity contribution < 1.29 is 24.9 Å². The van der Waals surface area contributed by atoms with Crippen molar-refractivity contribution in [3.05, 3.63) is 48.6 Å². The second-order valence-corrected chi connectivity index (χ2v) is 8.21. The van der Waals surface area contributed by atoms with Gasteiger partial charge in [-0.2, -0.15) is 0 Å². The van der Waals surface area contributed by atoms with Crippen molar-refractivity contribution in [2.75, 3.05) is 5.75 Å². The normalized spacial score (nSPS) is 15.4. The lowest BCUT2D eigenvalue weighted by atomic mass is 10.1. The molecule has 0 spiro atoms. The van der Waals surface area contributed by atoms with Crippen LogP contribution in [0, 0.1) is 0 Å². The van der Waals surface area contributed by atoms with E-state index in [0.717, 1.165) is 12.8 Å². The summed E-state index contributed by atoms with van der Waals surface area (Å²) in [7, 11) is 0. The highest BCUT2D eigenvalue weighted by atomic mass is 32.2. The van der Waals surface area contributed by atoms with E-state index in [4.69, 9.17) is 15.9 Å². The lowest BCUT2D eigenvalue weighted by Gasteiger charge is -2.20. The third-order valence-electron chi connectivity index (χ3n) is 4.24. The molecule has 0 saturated carbocycles. The van der Waals surface area contributed by atoms with Gasteiger partial charge >= 0.3 is 11.9 Å². The van der Waals surface area contributed by atoms with Crippen molar-refractivity contribution in [1.82, 2.24) is 0 Å². The summed E-state index contributed by atoms with van der Waals surface area (Å²) in [5, 5.41) is 27.6. The number of aliphatic hydroxyl groups excluding tert-OH is 1. The highest BCUT2D eigenvalue weighted by Gasteiger charge is 2.20. The van der Waals surface area contributed by atoms with Crippen LogP contribution in [0.25, 0.3) is 0 Å². The van der Waals surface area contributed by atoms with Crippen molar-refractivity contribution >= 4 is 23.7 Å². The number of nitrogens with two attached hydrogens (primary N) is 1. The van der Waals surface area contributed by atoms with Gasteiger partial charge in [0.1, 0.15) is 6.04 Å². The van der Waals surface area contributed by atoms with Crippen molar-refractivity contribution in [3.63, 3.8) is 0 Å². The molecule has 5 N–H and O–H groups in total. The Hall–Kier alpha value is -1.83. The summed E-state index contributed by atoms with van der Waals surface area (Å²) in [6, 6.07) is -1.01. The minimum Gasteiger partial charge on any atom is -0.481 e. The first-order valence-electron chi connectivity index (χ1n) is 10.5. The number of unbranched alkanes of at least 4 members (excludes halogenated alkanes) is 3. The Balaban J connectivity index is 4.51. The monoisotopic (exact) mass is 439 g/mol. The Kier molecular flexibility index (Phi) is 18.0. The van der Waals surface area contributed by atoms with Crippen LogP contribution in [-0.2, 0) is 9.59 Å². The average Bonchev–Trinajstić information content (AvgIpc) is 2.70. The molecule has 0 amide bonds. The second-order valence-electron chi connectivity index (χ2n) is 7.00. The third-order valence-corrected chi connectivity index (χ3v) is 5.65. The highest BCUT2D eigenvalue weighted by Crippen LogP contribution is 2.21. The summed E-state index contributed by atoms with van der Waals surface area (Å²) in [5.41, 5.74) is 5.54. The number of carboxylic acids is 2. The van der Waals surface area contributed by atoms with Crippen molar-refractivity contribution in [2.24, 2.45) is 5.73 Å². The van der Waals surface area contributed by atoms with Gasteiger partial charge in [0.15, 0.2) is 0 Å². The van der Waals surface area contributed by atoms with Gasteiger partial charge in [0.25, 0.3) is 0 Å². The summed E-state index contributed by atoms with van der Waals surface area (Å²) < 4.78 is 0. The number of hydrogen-bond donors (Lipinski definition) is 4. The van der Waals surface area contributed by atoms with Crippen LogP contribution in [0.3, 0.4) is 0 Å². The first-order chi connectivity index (χ1) is 14.4. The molecule has 170 valence electrons. The predicted molar refractivity (Wildman–Crippen MR) is 125 cm³/mol. The van der Waals surface area contributed by atoms with Gasteiger partial charge in [-0.3, -0.25) is 9.59 Å². The van der Waals surface area contributed by atoms with Crippen LogP contribution in [0.4, 0.5) is 0 Å². The molecule has 0 fully saturated rings. The fraction of sp³-hybridized carbons (Fsp3) is 0.565. The maximum atomic E-state index is 10.9. The van der Waals surface area contributed by atoms with E-state index in [2.05, 4.69) is 25.2 Å². The lowest BCUT2D eigenvalue weighted by Crippen LogP contribution is -2.34. The molecule has 0 rings (SSSR count). The average molecular weight is 440 g/mol. The standard InChI is InChI=1S/C23H37NO5S/c1-2-3-4-5-6-7-8-9-10-11-12-13-16-21(30-18-19(24)23(28)29)20(25)15-14-17-22(26)27/h6-7,9-13,16,19-21,25H,2-5,8,14-15,17-18,24H2,1H3,(H,26,27)(H,28,29)/b7-6-,10-9+,12-11+,16-13+/t19-,20-,21-/m0/s1. The molecule has 7 heteroatoms. The largest absolute Gasteiger partial charge is 0.481 e. The Morgan fingerprint density at radius 3 is 2.40 bits per heavy atom. The summed E-state index contributed by atoms with van der Waals surface area (Å²) >= 11 is 1.26. The first-order valence-corrected chi connectivity index (χ1v) is 11.6. The van der Waals surface area contributed by atoms with Gasteiger partial charge in [0, 0.05) is 17.4 Å². The van der Waals surface area contributed by atoms with Crippen LogP contribution in [0.15, 0.2) is 48.6 Å². The summed E-state index contributed by atoms with van der Waals surface area (Å²) in [4.78, 5) is 21.5. The van der Waals surface area contributed by atoms with E-state index >= 15 is 0 Å². The summed E-state index contributed by atoms with van der Waals surface area (Å²) in [6.07, 6.45) is 21.3. The van der Waals surface area contributed by atoms with Crippen molar-refractivity contribution in [2.45, 2.75) is 75.7 Å². The zero-order valence-corrected chi connectivity index (χ0v) is 18.7. The highest BCUT2D eigenvalue weighted by molar-refractivity contribution is 8.00. The summed E-state index contributed by atoms with van der Waals surface area (Å²) in [5.74, 6) is -1.83. The first kappa shape index (κ1) is 28.2. The molecule has 0 saturated heterocycles. The topological polar surface area (TPSA) is 121 Å². The molecule has 0 bridgehead atoms. The number of carbonyl (C=O) groups is 2. The van der Waals surface area contributed by atoms with E-state index in [0.29, 0.717) is 12.8 Å². The number of rotatable bonds is 18. The van der Waals surface area contributed by atoms with Crippen LogP contribution >= 0.6 is 11.8 Å². The number of allylic oxidation sites excluding steroid dienone is 7. The van der Waals surface area contributed by atoms with E-state index in [9.17, 15) is 14.7 Å². The fourth-order valence-corrected chi connectivity index (χ4v) is 3.60. The summed E-state index contributed by atoms with van der Waals surface area (Å²) in [6.45, 7) is 2.19. The smallest absolute Gasteiger partial charge is 0.321 e. The maximum absolute atomic E-state index is 10.9. The van der Waals surface area contributed by atoms with Crippen LogP contribution in [0.1, 0.15) is 58.3 Å². The fourth-order valence-electron chi connectivity index (χ4n) is 2.47. The second kappa shape index (κ2) is 19.2. The van der Waals surface area contributed by atoms with Gasteiger partial charge in [-0.05, 0) is 32.1 Å². The zero-order chi connectivity index (χ0) is 22.6. The molecule has 0 aromatic carbocycles. The number of aliphatic hydroxyl groups is 1. The van der Waals surface area contributed by atoms with Crippen LogP contribution in [0.5, 0.6) is 0 Å². The molecule has 0 heterocycles. The van der Waals surface area contributed by atoms with Crippen molar-refractivity contribution in [3.8, 4) is 0 Å². The van der Waals surface area contributed by atoms with Gasteiger partial charge in [-0.25, -0.2) is 0 Å². The van der Waals surface area contributed by atoms with Crippen LogP contribution in [0.2, 0.25) is 0 Å². The number of thioether (sulfide) groups is 1. The van der Waals surface area contributed by atoms with Gasteiger partial charge in [0.05, 0.1) is 6.10 Å². The van der Waals surface area contributed by atoms with E-state index in [1.807, 2.05) is 18.2 Å². The van der Waals surface area contributed by atoms with Gasteiger partial charge < -0.3 is 21.1 Å². The lowest BCUT2D eigenvalue weighted by molar-refractivity contribution is -0.138. The van der Waals surface area contributed by atoms with E-state index in [-0.39, 0.29) is 17.4 Å². The molecule has 0 aliphatic carbocycles. The van der Waals surface area contributed by atoms with Crippen molar-refractivity contribution in [1.29, 1.82) is 0 Å². The molecule has 0 aliphatic rings. The molecular formula is C23H37NO5S. The molecule has 0 unspecified atom stereocenters. The number of hydrogen-bond acceptors (Lipinski definition) is 5. The Morgan fingerprint density at radius 1 is 1.00 bits per heavy atom. The molecule has 0 radical (unpaired) electrons. The van der Waals surface area contributed by atoms with Crippen LogP contribution < -0.4 is 5.73 Å². The molecule has 3 atom stereocenters. The molecule has 0 aromatic rings. The molecule has 0 aromatic heterocycles. The van der Waals surface area contributed by atoms with Gasteiger partial charge in [0.2, 0.25) is 0 Å². The molecule has 30 heavy (non-hydrogen) atoms. The molecule has 6 nitrogen and oxygen atoms in total. The molecular weight excluding hydrogens is 402 g/mol. The maximum Gasteiger partial charge on any atom is 0.321 e. The third kappa shape index (κ3) is 17.1. The minimum atomic E-state index is -1.09. The number of aliphatic carboxylic acids is 2. The van der Waals surface area contributed by atoms with Crippen LogP contribution in [-0.4, -0.2) is 50.4 Å². The predicted octanol–water partition coefficient (Wildman–Crippen LogP) is 4.31.